The van der Waals surface area contributed by atoms with Crippen LogP contribution in [0.4, 0.5) is 0 Å². The Morgan fingerprint density at radius 2 is 0.535 bits per heavy atom. The van der Waals surface area contributed by atoms with Gasteiger partial charge in [-0.25, -0.2) is 9.13 Å². The molecule has 0 saturated heterocycles. The number of phosphoric acid groups is 2. The van der Waals surface area contributed by atoms with Crippen molar-refractivity contribution in [1.82, 2.24) is 0 Å². The fourth-order valence-corrected chi connectivity index (χ4v) is 13.2. The van der Waals surface area contributed by atoms with Crippen LogP contribution in [0.5, 0.6) is 0 Å². The average Bonchev–Trinajstić information content (AvgIpc) is 1.09. The first kappa shape index (κ1) is 96.2. The zero-order valence-electron chi connectivity index (χ0n) is 63.4. The Balaban J connectivity index is 4.28. The molecule has 0 amide bonds. The highest BCUT2D eigenvalue weighted by atomic mass is 31.2. The first-order valence-corrected chi connectivity index (χ1v) is 43.6. The van der Waals surface area contributed by atoms with Gasteiger partial charge < -0.3 is 34.2 Å². The summed E-state index contributed by atoms with van der Waals surface area (Å²) in [4.78, 5) is 58.5. The van der Waals surface area contributed by atoms with Gasteiger partial charge in [0.05, 0.1) is 26.4 Å². The van der Waals surface area contributed by atoms with Gasteiger partial charge in [0.25, 0.3) is 0 Å². The first-order chi connectivity index (χ1) is 48.2. The van der Waals surface area contributed by atoms with E-state index in [0.29, 0.717) is 19.3 Å². The minimum Gasteiger partial charge on any atom is -0.463 e. The van der Waals surface area contributed by atoms with Gasteiger partial charge in [0, 0.05) is 19.3 Å². The van der Waals surface area contributed by atoms with Gasteiger partial charge >= 0.3 is 33.6 Å². The number of esters is 3. The number of unbranched alkanes of at least 4 members (excludes halogenated alkanes) is 45. The van der Waals surface area contributed by atoms with E-state index < -0.39 is 91.5 Å². The highest BCUT2D eigenvalue weighted by molar-refractivity contribution is 7.47. The molecule has 580 valence electrons. The Labute approximate surface area is 605 Å². The molecule has 18 heteroatoms. The molecule has 0 spiro atoms. The molecule has 0 aromatic carbocycles. The van der Waals surface area contributed by atoms with Gasteiger partial charge in [-0.3, -0.25) is 32.5 Å². The summed E-state index contributed by atoms with van der Waals surface area (Å²) >= 11 is 0. The monoisotopic (exact) mass is 1440 g/mol. The van der Waals surface area contributed by atoms with Gasteiger partial charge in [0.15, 0.2) is 6.10 Å². The van der Waals surface area contributed by atoms with Crippen molar-refractivity contribution in [3.63, 3.8) is 0 Å². The van der Waals surface area contributed by atoms with Crippen molar-refractivity contribution in [2.24, 2.45) is 0 Å². The Morgan fingerprint density at radius 3 is 0.848 bits per heavy atom. The summed E-state index contributed by atoms with van der Waals surface area (Å²) in [5, 5.41) is 20.6. The van der Waals surface area contributed by atoms with Crippen molar-refractivity contribution >= 4 is 33.6 Å². The van der Waals surface area contributed by atoms with Gasteiger partial charge in [0.1, 0.15) is 25.4 Å². The fraction of sp³-hybridized carbons (Fsp3) is 0.840. The molecule has 99 heavy (non-hydrogen) atoms. The standard InChI is InChI=1S/C81H150O16P2/c1-4-7-10-13-16-19-22-25-27-28-29-30-31-32-33-34-35-36-37-38-39-40-41-42-43-44-45-46-48-51-52-55-58-61-64-67-79(84)91-70-76(82)71-93-98(87,88)94-72-77(83)73-95-99(89,90)96-75-78(97-81(86)69-66-63-60-57-54-49-24-21-18-15-12-9-6-3)74-92-80(85)68-65-62-59-56-53-50-47-26-23-20-17-14-11-8-5-2/h7,10,16,19,25,27,29-30,32-33,76-78,82-83H,4-6,8-9,11-15,17-18,20-24,26,28,31,34-75H2,1-3H3,(H,87,88)(H,89,90)/b10-7-,19-16-,27-25-,30-29-,33-32-. The molecular formula is C81H150O16P2. The molecule has 0 heterocycles. The number of phosphoric ester groups is 2. The summed E-state index contributed by atoms with van der Waals surface area (Å²) < 4.78 is 61.1. The Morgan fingerprint density at radius 1 is 0.293 bits per heavy atom. The molecule has 4 N–H and O–H groups in total. The Kier molecular flexibility index (Phi) is 72.9. The van der Waals surface area contributed by atoms with Gasteiger partial charge in [-0.15, -0.1) is 0 Å². The van der Waals surface area contributed by atoms with Gasteiger partial charge in [-0.1, -0.05) is 358 Å². The highest BCUT2D eigenvalue weighted by Gasteiger charge is 2.29. The zero-order chi connectivity index (χ0) is 72.3. The van der Waals surface area contributed by atoms with Crippen LogP contribution in [0.25, 0.3) is 0 Å². The van der Waals surface area contributed by atoms with E-state index >= 15 is 0 Å². The van der Waals surface area contributed by atoms with Crippen LogP contribution < -0.4 is 0 Å². The summed E-state index contributed by atoms with van der Waals surface area (Å²) in [6.07, 6.45) is 81.5. The SMILES string of the molecule is CC/C=C\C/C=C\C/C=C\C/C=C\C/C=C\CCCCCCCCCCCCCCCCCCCCCC(=O)OCC(O)COP(=O)(O)OCC(O)COP(=O)(O)OCC(COC(=O)CCCCCCCCCCCCCCCCC)OC(=O)CCCCCCCCCCCCCCC. The minimum absolute atomic E-state index is 0.114. The lowest BCUT2D eigenvalue weighted by molar-refractivity contribution is -0.161. The van der Waals surface area contributed by atoms with E-state index in [1.165, 1.54) is 225 Å². The van der Waals surface area contributed by atoms with Crippen molar-refractivity contribution < 1.29 is 75.8 Å². The number of rotatable bonds is 78. The highest BCUT2D eigenvalue weighted by Crippen LogP contribution is 2.45. The van der Waals surface area contributed by atoms with Crippen LogP contribution >= 0.6 is 15.6 Å². The third-order valence-electron chi connectivity index (χ3n) is 17.8. The maximum atomic E-state index is 12.9. The van der Waals surface area contributed by atoms with Crippen LogP contribution in [0.15, 0.2) is 60.8 Å². The molecule has 0 fully saturated rings. The Bertz CT molecular complexity index is 2050. The second-order valence-electron chi connectivity index (χ2n) is 27.6. The lowest BCUT2D eigenvalue weighted by atomic mass is 10.0. The number of hydrogen-bond acceptors (Lipinski definition) is 14. The van der Waals surface area contributed by atoms with Crippen LogP contribution in [-0.2, 0) is 55.8 Å². The molecule has 0 aromatic rings. The normalized spacial score (nSPS) is 14.3. The van der Waals surface area contributed by atoms with Crippen LogP contribution in [-0.4, -0.2) is 95.9 Å². The molecular weight excluding hydrogens is 1290 g/mol. The maximum absolute atomic E-state index is 12.9. The van der Waals surface area contributed by atoms with E-state index in [1.54, 1.807) is 0 Å². The van der Waals surface area contributed by atoms with Gasteiger partial charge in [0.2, 0.25) is 0 Å². The number of aliphatic hydroxyl groups excluding tert-OH is 2. The maximum Gasteiger partial charge on any atom is 0.472 e. The molecule has 0 bridgehead atoms. The number of aliphatic hydroxyl groups is 2. The number of allylic oxidation sites excluding steroid dienone is 10. The third-order valence-corrected chi connectivity index (χ3v) is 19.7. The molecule has 5 unspecified atom stereocenters. The van der Waals surface area contributed by atoms with Crippen molar-refractivity contribution in [2.75, 3.05) is 39.6 Å². The summed E-state index contributed by atoms with van der Waals surface area (Å²) in [6.45, 7) is 2.64. The average molecular weight is 1440 g/mol. The smallest absolute Gasteiger partial charge is 0.463 e. The molecule has 0 rings (SSSR count). The van der Waals surface area contributed by atoms with E-state index in [0.717, 1.165) is 96.3 Å². The van der Waals surface area contributed by atoms with E-state index in [-0.39, 0.29) is 19.3 Å². The quantitative estimate of drug-likeness (QED) is 0.0146. The van der Waals surface area contributed by atoms with Crippen molar-refractivity contribution in [3.05, 3.63) is 60.8 Å². The molecule has 0 aliphatic heterocycles. The predicted molar refractivity (Wildman–Crippen MR) is 409 cm³/mol. The summed E-state index contributed by atoms with van der Waals surface area (Å²) in [5.74, 6) is -1.54. The number of carbonyl (C=O) groups excluding carboxylic acids is 3. The second-order valence-corrected chi connectivity index (χ2v) is 30.5. The van der Waals surface area contributed by atoms with E-state index in [9.17, 15) is 43.5 Å². The molecule has 0 saturated carbocycles. The van der Waals surface area contributed by atoms with Crippen LogP contribution in [0, 0.1) is 0 Å². The number of ether oxygens (including phenoxy) is 3. The largest absolute Gasteiger partial charge is 0.472 e. The summed E-state index contributed by atoms with van der Waals surface area (Å²) in [6, 6.07) is 0. The first-order valence-electron chi connectivity index (χ1n) is 40.6. The molecule has 0 aliphatic rings. The van der Waals surface area contributed by atoms with Crippen molar-refractivity contribution in [1.29, 1.82) is 0 Å². The topological polar surface area (TPSA) is 231 Å². The lowest BCUT2D eigenvalue weighted by Crippen LogP contribution is -2.30. The lowest BCUT2D eigenvalue weighted by Gasteiger charge is -2.21. The third kappa shape index (κ3) is 76.2. The van der Waals surface area contributed by atoms with E-state index in [4.69, 9.17) is 32.3 Å². The molecule has 0 aromatic heterocycles. The van der Waals surface area contributed by atoms with Crippen LogP contribution in [0.1, 0.15) is 380 Å². The van der Waals surface area contributed by atoms with Crippen molar-refractivity contribution in [2.45, 2.75) is 399 Å². The number of hydrogen-bond donors (Lipinski definition) is 4. The molecule has 5 atom stereocenters. The Hall–Kier alpha value is -2.75. The van der Waals surface area contributed by atoms with Crippen molar-refractivity contribution in [3.8, 4) is 0 Å². The molecule has 0 radical (unpaired) electrons. The summed E-state index contributed by atoms with van der Waals surface area (Å²) in [7, 11) is -9.76. The van der Waals surface area contributed by atoms with E-state index in [1.807, 2.05) is 0 Å². The predicted octanol–water partition coefficient (Wildman–Crippen LogP) is 23.7. The van der Waals surface area contributed by atoms with Crippen LogP contribution in [0.2, 0.25) is 0 Å². The fourth-order valence-electron chi connectivity index (χ4n) is 11.6. The molecule has 0 aliphatic carbocycles. The van der Waals surface area contributed by atoms with Gasteiger partial charge in [-0.05, 0) is 64.2 Å². The van der Waals surface area contributed by atoms with Crippen LogP contribution in [0.3, 0.4) is 0 Å². The van der Waals surface area contributed by atoms with E-state index in [2.05, 4.69) is 81.5 Å². The summed E-state index contributed by atoms with van der Waals surface area (Å²) in [5.41, 5.74) is 0. The molecule has 16 nitrogen and oxygen atoms in total. The number of carbonyl (C=O) groups is 3. The second kappa shape index (κ2) is 74.9. The minimum atomic E-state index is -4.91. The van der Waals surface area contributed by atoms with Gasteiger partial charge in [-0.2, -0.15) is 0 Å². The zero-order valence-corrected chi connectivity index (χ0v) is 65.2.